The van der Waals surface area contributed by atoms with E-state index in [9.17, 15) is 10.2 Å². The molecule has 9 heteroatoms. The molecule has 0 aromatic carbocycles. The number of rotatable bonds is 3. The first-order chi connectivity index (χ1) is 9.67. The zero-order valence-corrected chi connectivity index (χ0v) is 11.4. The third-order valence-electron chi connectivity index (χ3n) is 3.35. The van der Waals surface area contributed by atoms with Gasteiger partial charge in [0.2, 0.25) is 0 Å². The molecule has 0 radical (unpaired) electrons. The number of H-pyrrole nitrogens is 1. The topological polar surface area (TPSA) is 124 Å². The molecule has 108 valence electrons. The largest absolute Gasteiger partial charge is 0.394 e. The lowest BCUT2D eigenvalue weighted by atomic mass is 10.1. The van der Waals surface area contributed by atoms with Crippen LogP contribution in [0.5, 0.6) is 0 Å². The van der Waals surface area contributed by atoms with Crippen LogP contribution in [0.25, 0.3) is 11.0 Å². The lowest BCUT2D eigenvalue weighted by Crippen LogP contribution is -2.32. The fourth-order valence-corrected chi connectivity index (χ4v) is 2.80. The Balaban J connectivity index is 2.03. The lowest BCUT2D eigenvalue weighted by Gasteiger charge is -2.12. The number of aliphatic hydroxyl groups is 3. The summed E-state index contributed by atoms with van der Waals surface area (Å²) in [6, 6.07) is 0. The number of nitrogens with zero attached hydrogens (tertiary/aromatic N) is 3. The lowest BCUT2D eigenvalue weighted by molar-refractivity contribution is -0.0236. The van der Waals surface area contributed by atoms with Crippen LogP contribution in [0.4, 0.5) is 0 Å². The van der Waals surface area contributed by atoms with Crippen molar-refractivity contribution in [1.82, 2.24) is 20.2 Å². The number of ether oxygens (including phenoxy) is 1. The summed E-state index contributed by atoms with van der Waals surface area (Å²) in [7, 11) is 0. The third-order valence-corrected chi connectivity index (χ3v) is 4.04. The highest BCUT2D eigenvalue weighted by Gasteiger charge is 2.44. The van der Waals surface area contributed by atoms with Crippen LogP contribution in [0.2, 0.25) is 0 Å². The number of aliphatic hydroxyl groups excluding tert-OH is 3. The van der Waals surface area contributed by atoms with Crippen molar-refractivity contribution >= 4 is 22.8 Å². The highest BCUT2D eigenvalue weighted by atomic mass is 32.2. The minimum atomic E-state index is -1.15. The Kier molecular flexibility index (Phi) is 3.61. The molecule has 3 rings (SSSR count). The second-order valence-electron chi connectivity index (χ2n) is 4.48. The van der Waals surface area contributed by atoms with Gasteiger partial charge in [-0.05, 0) is 6.26 Å². The number of hydrogen-bond acceptors (Lipinski definition) is 8. The summed E-state index contributed by atoms with van der Waals surface area (Å²) in [5.41, 5.74) is 1.60. The Bertz CT molecular complexity index is 621. The molecule has 4 atom stereocenters. The molecule has 1 aliphatic heterocycles. The van der Waals surface area contributed by atoms with E-state index in [0.29, 0.717) is 21.8 Å². The monoisotopic (exact) mass is 298 g/mol. The Morgan fingerprint density at radius 3 is 2.75 bits per heavy atom. The van der Waals surface area contributed by atoms with Crippen LogP contribution in [0.15, 0.2) is 11.4 Å². The maximum absolute atomic E-state index is 10.0. The fourth-order valence-electron chi connectivity index (χ4n) is 2.32. The summed E-state index contributed by atoms with van der Waals surface area (Å²) in [5.74, 6) is 0. The molecule has 0 saturated carbocycles. The third kappa shape index (κ3) is 1.98. The van der Waals surface area contributed by atoms with Crippen molar-refractivity contribution < 1.29 is 20.1 Å². The van der Waals surface area contributed by atoms with Crippen molar-refractivity contribution in [3.05, 3.63) is 12.0 Å². The molecule has 1 fully saturated rings. The summed E-state index contributed by atoms with van der Waals surface area (Å²) in [5, 5.41) is 36.6. The van der Waals surface area contributed by atoms with Crippen molar-refractivity contribution in [3.8, 4) is 0 Å². The molecular weight excluding hydrogens is 284 g/mol. The number of thioether (sulfide) groups is 1. The maximum Gasteiger partial charge on any atom is 0.143 e. The number of aromatic amines is 1. The number of nitrogens with one attached hydrogen (secondary N) is 1. The second kappa shape index (κ2) is 5.26. The Morgan fingerprint density at radius 2 is 2.10 bits per heavy atom. The molecule has 4 N–H and O–H groups in total. The summed E-state index contributed by atoms with van der Waals surface area (Å²) in [4.78, 5) is 8.26. The average molecular weight is 298 g/mol. The van der Waals surface area contributed by atoms with E-state index in [-0.39, 0.29) is 6.61 Å². The molecule has 1 aliphatic rings. The van der Waals surface area contributed by atoms with Crippen molar-refractivity contribution in [2.45, 2.75) is 29.4 Å². The Morgan fingerprint density at radius 1 is 1.30 bits per heavy atom. The van der Waals surface area contributed by atoms with E-state index in [4.69, 9.17) is 9.84 Å². The first-order valence-electron chi connectivity index (χ1n) is 6.02. The molecule has 0 aliphatic carbocycles. The number of hydrogen-bond donors (Lipinski definition) is 4. The highest BCUT2D eigenvalue weighted by molar-refractivity contribution is 7.98. The van der Waals surface area contributed by atoms with Crippen LogP contribution in [0, 0.1) is 0 Å². The van der Waals surface area contributed by atoms with E-state index in [1.807, 2.05) is 6.26 Å². The number of aromatic nitrogens is 4. The van der Waals surface area contributed by atoms with E-state index in [1.165, 1.54) is 18.1 Å². The zero-order chi connectivity index (χ0) is 14.3. The minimum Gasteiger partial charge on any atom is -0.394 e. The Hall–Kier alpha value is -1.26. The van der Waals surface area contributed by atoms with E-state index < -0.39 is 24.4 Å². The molecule has 20 heavy (non-hydrogen) atoms. The highest BCUT2D eigenvalue weighted by Crippen LogP contribution is 2.36. The van der Waals surface area contributed by atoms with E-state index >= 15 is 0 Å². The standard InChI is InChI=1S/C11H14N4O4S/c1-20-11-7-5(12-3-13-11)6(14-15-7)10-9(18)8(17)4(2-16)19-10/h3-4,8-10,16-18H,2H2,1H3,(H,14,15)/t4-,8-,9+,10+/m1/s1. The predicted octanol–water partition coefficient (Wildman–Crippen LogP) is -0.771. The minimum absolute atomic E-state index is 0.369. The molecule has 2 aromatic heterocycles. The molecular formula is C11H14N4O4S. The van der Waals surface area contributed by atoms with Crippen LogP contribution in [0.1, 0.15) is 11.8 Å². The van der Waals surface area contributed by atoms with Crippen LogP contribution in [-0.2, 0) is 4.74 Å². The van der Waals surface area contributed by atoms with Gasteiger partial charge >= 0.3 is 0 Å². The van der Waals surface area contributed by atoms with Gasteiger partial charge in [0.05, 0.1) is 12.3 Å². The second-order valence-corrected chi connectivity index (χ2v) is 5.27. The molecule has 1 saturated heterocycles. The molecule has 0 amide bonds. The maximum atomic E-state index is 10.0. The molecule has 0 spiro atoms. The van der Waals surface area contributed by atoms with Gasteiger partial charge in [-0.2, -0.15) is 5.10 Å². The van der Waals surface area contributed by atoms with Crippen molar-refractivity contribution in [3.63, 3.8) is 0 Å². The SMILES string of the molecule is CSc1ncnc2c([C@@H]3O[C@H](CO)[C@@H](O)[C@@H]3O)[nH]nc12. The normalized spacial score (nSPS) is 30.2. The molecule has 3 heterocycles. The van der Waals surface area contributed by atoms with E-state index in [2.05, 4.69) is 20.2 Å². The van der Waals surface area contributed by atoms with Crippen molar-refractivity contribution in [2.24, 2.45) is 0 Å². The summed E-state index contributed by atoms with van der Waals surface area (Å²) < 4.78 is 5.47. The quantitative estimate of drug-likeness (QED) is 0.430. The summed E-state index contributed by atoms with van der Waals surface area (Å²) >= 11 is 1.43. The molecule has 2 aromatic rings. The van der Waals surface area contributed by atoms with Crippen LogP contribution >= 0.6 is 11.8 Å². The van der Waals surface area contributed by atoms with Gasteiger partial charge in [0.15, 0.2) is 0 Å². The molecule has 0 unspecified atom stereocenters. The van der Waals surface area contributed by atoms with E-state index in [1.54, 1.807) is 0 Å². The molecule has 0 bridgehead atoms. The van der Waals surface area contributed by atoms with Crippen LogP contribution in [0.3, 0.4) is 0 Å². The fraction of sp³-hybridized carbons (Fsp3) is 0.545. The summed E-state index contributed by atoms with van der Waals surface area (Å²) in [6.45, 7) is -0.369. The predicted molar refractivity (Wildman–Crippen MR) is 70.2 cm³/mol. The van der Waals surface area contributed by atoms with Crippen molar-refractivity contribution in [2.75, 3.05) is 12.9 Å². The van der Waals surface area contributed by atoms with Crippen LogP contribution < -0.4 is 0 Å². The smallest absolute Gasteiger partial charge is 0.143 e. The van der Waals surface area contributed by atoms with Gasteiger partial charge in [-0.3, -0.25) is 5.10 Å². The first kappa shape index (κ1) is 13.7. The van der Waals surface area contributed by atoms with Gasteiger partial charge in [0.1, 0.15) is 46.8 Å². The van der Waals surface area contributed by atoms with Crippen molar-refractivity contribution in [1.29, 1.82) is 0 Å². The van der Waals surface area contributed by atoms with E-state index in [0.717, 1.165) is 0 Å². The van der Waals surface area contributed by atoms with Gasteiger partial charge < -0.3 is 20.1 Å². The summed E-state index contributed by atoms with van der Waals surface area (Å²) in [6.07, 6.45) is -0.641. The van der Waals surface area contributed by atoms with Gasteiger partial charge in [0.25, 0.3) is 0 Å². The Labute approximate surface area is 118 Å². The molecule has 8 nitrogen and oxygen atoms in total. The zero-order valence-electron chi connectivity index (χ0n) is 10.6. The number of fused-ring (bicyclic) bond motifs is 1. The van der Waals surface area contributed by atoms with Gasteiger partial charge in [0, 0.05) is 0 Å². The first-order valence-corrected chi connectivity index (χ1v) is 7.25. The van der Waals surface area contributed by atoms with Gasteiger partial charge in [-0.25, -0.2) is 9.97 Å². The van der Waals surface area contributed by atoms with Gasteiger partial charge in [-0.15, -0.1) is 11.8 Å². The average Bonchev–Trinajstić information content (AvgIpc) is 3.01. The van der Waals surface area contributed by atoms with Gasteiger partial charge in [-0.1, -0.05) is 0 Å². The van der Waals surface area contributed by atoms with Crippen LogP contribution in [-0.4, -0.2) is 66.7 Å².